The van der Waals surface area contributed by atoms with Crippen LogP contribution in [0.15, 0.2) is 30.3 Å². The highest BCUT2D eigenvalue weighted by Gasteiger charge is 2.30. The molecule has 0 spiro atoms. The molecule has 1 fully saturated rings. The molecular weight excluding hydrogens is 212 g/mol. The zero-order valence-corrected chi connectivity index (χ0v) is 10.2. The van der Waals surface area contributed by atoms with E-state index in [1.807, 2.05) is 18.2 Å². The van der Waals surface area contributed by atoms with Gasteiger partial charge in [-0.2, -0.15) is 0 Å². The largest absolute Gasteiger partial charge is 0.368 e. The molecule has 0 bridgehead atoms. The Kier molecular flexibility index (Phi) is 3.79. The minimum absolute atomic E-state index is 0.135. The van der Waals surface area contributed by atoms with Crippen LogP contribution in [0.4, 0.5) is 0 Å². The first-order valence-electron chi connectivity index (χ1n) is 6.05. The maximum Gasteiger partial charge on any atom is 0.234 e. The number of benzene rings is 1. The Morgan fingerprint density at radius 2 is 2.12 bits per heavy atom. The molecule has 1 aromatic carbocycles. The van der Waals surface area contributed by atoms with E-state index in [2.05, 4.69) is 24.0 Å². The summed E-state index contributed by atoms with van der Waals surface area (Å²) in [6.45, 7) is 3.84. The lowest BCUT2D eigenvalue weighted by atomic mass is 9.91. The molecule has 91 valence electrons. The van der Waals surface area contributed by atoms with E-state index < -0.39 is 0 Å². The third-order valence-electron chi connectivity index (χ3n) is 3.37. The van der Waals surface area contributed by atoms with Crippen LogP contribution < -0.4 is 5.73 Å². The molecule has 2 rings (SSSR count). The van der Waals surface area contributed by atoms with Crippen LogP contribution >= 0.6 is 0 Å². The molecule has 1 aromatic rings. The number of carbonyl (C=O) groups excluding carboxylic acids is 1. The van der Waals surface area contributed by atoms with Crippen molar-refractivity contribution >= 4 is 5.91 Å². The third-order valence-corrected chi connectivity index (χ3v) is 3.37. The number of piperidine rings is 1. The summed E-state index contributed by atoms with van der Waals surface area (Å²) >= 11 is 0. The predicted octanol–water partition coefficient (Wildman–Crippen LogP) is 1.73. The highest BCUT2D eigenvalue weighted by Crippen LogP contribution is 2.25. The van der Waals surface area contributed by atoms with Crippen LogP contribution in [0.25, 0.3) is 0 Å². The number of rotatable bonds is 3. The first kappa shape index (κ1) is 12.1. The third kappa shape index (κ3) is 3.07. The molecule has 0 aromatic heterocycles. The van der Waals surface area contributed by atoms with Crippen molar-refractivity contribution in [1.82, 2.24) is 4.90 Å². The Hall–Kier alpha value is -1.35. The van der Waals surface area contributed by atoms with Crippen molar-refractivity contribution in [3.05, 3.63) is 41.8 Å². The van der Waals surface area contributed by atoms with E-state index in [1.165, 1.54) is 11.5 Å². The fourth-order valence-corrected chi connectivity index (χ4v) is 2.34. The molecule has 3 nitrogen and oxygen atoms in total. The molecule has 1 atom stereocenters. The zero-order chi connectivity index (χ0) is 12.3. The van der Waals surface area contributed by atoms with Gasteiger partial charge in [-0.25, -0.2) is 0 Å². The molecule has 0 aliphatic carbocycles. The lowest BCUT2D eigenvalue weighted by molar-refractivity contribution is -0.124. The second kappa shape index (κ2) is 5.32. The normalized spacial score (nSPS) is 22.5. The molecule has 1 amide bonds. The Labute approximate surface area is 103 Å². The molecule has 2 N–H and O–H groups in total. The number of nitrogens with two attached hydrogens (primary N) is 1. The van der Waals surface area contributed by atoms with Crippen molar-refractivity contribution in [3.8, 4) is 0 Å². The smallest absolute Gasteiger partial charge is 0.234 e. The molecule has 1 heterocycles. The van der Waals surface area contributed by atoms with E-state index in [4.69, 9.17) is 5.73 Å². The van der Waals surface area contributed by atoms with Crippen LogP contribution in [0.5, 0.6) is 0 Å². The summed E-state index contributed by atoms with van der Waals surface area (Å²) in [5.74, 6) is 1.16. The van der Waals surface area contributed by atoms with Crippen molar-refractivity contribution in [2.24, 2.45) is 5.73 Å². The van der Waals surface area contributed by atoms with E-state index in [0.717, 1.165) is 25.9 Å². The lowest BCUT2D eigenvalue weighted by Crippen LogP contribution is -2.48. The molecule has 3 heteroatoms. The minimum Gasteiger partial charge on any atom is -0.368 e. The second-order valence-electron chi connectivity index (χ2n) is 4.79. The average molecular weight is 231 g/mol. The number of hydrogen-bond acceptors (Lipinski definition) is 2. The monoisotopic (exact) mass is 231 g/mol. The van der Waals surface area contributed by atoms with Crippen LogP contribution in [0.3, 0.4) is 0 Å². The maximum atomic E-state index is 11.5. The maximum absolute atomic E-state index is 11.5. The van der Waals surface area contributed by atoms with Crippen molar-refractivity contribution in [2.75, 3.05) is 6.54 Å². The summed E-state index contributed by atoms with van der Waals surface area (Å²) < 4.78 is 0. The molecule has 1 unspecified atom stereocenters. The fourth-order valence-electron chi connectivity index (χ4n) is 2.34. The van der Waals surface area contributed by atoms with Gasteiger partial charge in [0.25, 0.3) is 0 Å². The van der Waals surface area contributed by atoms with Gasteiger partial charge in [0.2, 0.25) is 5.91 Å². The van der Waals surface area contributed by atoms with Gasteiger partial charge in [-0.1, -0.05) is 37.3 Å². The second-order valence-corrected chi connectivity index (χ2v) is 4.79. The van der Waals surface area contributed by atoms with Crippen LogP contribution in [0, 0.1) is 5.92 Å². The van der Waals surface area contributed by atoms with Gasteiger partial charge in [0, 0.05) is 6.54 Å². The van der Waals surface area contributed by atoms with Gasteiger partial charge in [-0.05, 0) is 30.9 Å². The topological polar surface area (TPSA) is 46.3 Å². The Bertz CT molecular complexity index is 377. The summed E-state index contributed by atoms with van der Waals surface area (Å²) in [5, 5.41) is 0. The molecule has 1 aliphatic rings. The van der Waals surface area contributed by atoms with Crippen molar-refractivity contribution < 1.29 is 4.79 Å². The van der Waals surface area contributed by atoms with Gasteiger partial charge >= 0.3 is 0 Å². The van der Waals surface area contributed by atoms with Crippen molar-refractivity contribution in [3.63, 3.8) is 0 Å². The van der Waals surface area contributed by atoms with Gasteiger partial charge < -0.3 is 5.73 Å². The highest BCUT2D eigenvalue weighted by atomic mass is 16.1. The Morgan fingerprint density at radius 3 is 2.76 bits per heavy atom. The standard InChI is InChI=1S/C14H19N2O/c1-11-7-8-16(13(9-11)14(15)17)10-12-5-3-2-4-6-12/h2-6,13H,7-10H2,1H3,(H2,15,17). The summed E-state index contributed by atoms with van der Waals surface area (Å²) in [6.07, 6.45) is 1.87. The van der Waals surface area contributed by atoms with E-state index in [1.54, 1.807) is 0 Å². The van der Waals surface area contributed by atoms with Gasteiger partial charge in [-0.3, -0.25) is 9.69 Å². The zero-order valence-electron chi connectivity index (χ0n) is 10.2. The highest BCUT2D eigenvalue weighted by molar-refractivity contribution is 5.80. The lowest BCUT2D eigenvalue weighted by Gasteiger charge is -2.36. The number of amides is 1. The average Bonchev–Trinajstić information content (AvgIpc) is 2.32. The van der Waals surface area contributed by atoms with E-state index in [0.29, 0.717) is 0 Å². The molecule has 1 radical (unpaired) electrons. The first-order chi connectivity index (χ1) is 8.16. The Balaban J connectivity index is 2.06. The van der Waals surface area contributed by atoms with Gasteiger partial charge in [0.1, 0.15) is 0 Å². The minimum atomic E-state index is -0.208. The fraction of sp³-hybridized carbons (Fsp3) is 0.429. The summed E-state index contributed by atoms with van der Waals surface area (Å²) in [4.78, 5) is 13.7. The number of hydrogen-bond donors (Lipinski definition) is 1. The molecular formula is C14H19N2O. The van der Waals surface area contributed by atoms with Gasteiger partial charge in [0.15, 0.2) is 0 Å². The van der Waals surface area contributed by atoms with Crippen LogP contribution in [0.1, 0.15) is 25.3 Å². The van der Waals surface area contributed by atoms with Gasteiger partial charge in [0.05, 0.1) is 6.04 Å². The summed E-state index contributed by atoms with van der Waals surface area (Å²) in [6, 6.07) is 10.1. The number of primary amides is 1. The first-order valence-corrected chi connectivity index (χ1v) is 6.05. The summed E-state index contributed by atoms with van der Waals surface area (Å²) in [5.41, 5.74) is 6.71. The predicted molar refractivity (Wildman–Crippen MR) is 68.0 cm³/mol. The number of likely N-dealkylation sites (tertiary alicyclic amines) is 1. The van der Waals surface area contributed by atoms with Crippen molar-refractivity contribution in [1.29, 1.82) is 0 Å². The number of nitrogens with zero attached hydrogens (tertiary/aromatic N) is 1. The quantitative estimate of drug-likeness (QED) is 0.861. The molecule has 0 saturated carbocycles. The van der Waals surface area contributed by atoms with Crippen LogP contribution in [-0.4, -0.2) is 23.4 Å². The molecule has 1 aliphatic heterocycles. The number of carbonyl (C=O) groups is 1. The summed E-state index contributed by atoms with van der Waals surface area (Å²) in [7, 11) is 0. The Morgan fingerprint density at radius 1 is 1.41 bits per heavy atom. The van der Waals surface area contributed by atoms with Crippen LogP contribution in [0.2, 0.25) is 0 Å². The molecule has 1 saturated heterocycles. The van der Waals surface area contributed by atoms with Gasteiger partial charge in [-0.15, -0.1) is 0 Å². The van der Waals surface area contributed by atoms with E-state index in [9.17, 15) is 4.79 Å². The van der Waals surface area contributed by atoms with E-state index in [-0.39, 0.29) is 11.9 Å². The molecule has 17 heavy (non-hydrogen) atoms. The van der Waals surface area contributed by atoms with Crippen molar-refractivity contribution in [2.45, 2.75) is 32.4 Å². The van der Waals surface area contributed by atoms with Crippen LogP contribution in [-0.2, 0) is 11.3 Å². The van der Waals surface area contributed by atoms with E-state index >= 15 is 0 Å². The SMILES string of the molecule is C[C]1CCN(Cc2ccccc2)C(C(N)=O)C1.